The molecule has 0 radical (unpaired) electrons. The van der Waals surface area contributed by atoms with Gasteiger partial charge in [0.1, 0.15) is 0 Å². The van der Waals surface area contributed by atoms with Gasteiger partial charge in [-0.3, -0.25) is 19.7 Å². The summed E-state index contributed by atoms with van der Waals surface area (Å²) >= 11 is 0. The largest absolute Gasteiger partial charge is 0.312 e. The highest BCUT2D eigenvalue weighted by Gasteiger charge is 2.61. The van der Waals surface area contributed by atoms with Gasteiger partial charge in [-0.1, -0.05) is 39.0 Å². The van der Waals surface area contributed by atoms with Crippen molar-refractivity contribution in [1.29, 1.82) is 0 Å². The normalized spacial score (nSPS) is 36.3. The zero-order chi connectivity index (χ0) is 18.7. The van der Waals surface area contributed by atoms with Gasteiger partial charge in [-0.2, -0.15) is 0 Å². The van der Waals surface area contributed by atoms with Crippen LogP contribution in [-0.4, -0.2) is 24.3 Å². The van der Waals surface area contributed by atoms with Crippen LogP contribution in [0.5, 0.6) is 0 Å². The summed E-state index contributed by atoms with van der Waals surface area (Å²) in [7, 11) is 0. The molecule has 4 rings (SSSR count). The zero-order valence-electron chi connectivity index (χ0n) is 15.7. The Bertz CT molecular complexity index is 789. The molecule has 26 heavy (non-hydrogen) atoms. The average Bonchev–Trinajstić information content (AvgIpc) is 2.58. The van der Waals surface area contributed by atoms with Crippen molar-refractivity contribution in [2.24, 2.45) is 16.2 Å². The Hall–Kier alpha value is -2.17. The second-order valence-electron chi connectivity index (χ2n) is 9.18. The predicted octanol–water partition coefficient (Wildman–Crippen LogP) is 2.83. The zero-order valence-corrected chi connectivity index (χ0v) is 15.7. The summed E-state index contributed by atoms with van der Waals surface area (Å²) in [5.74, 6) is -0.431. The Labute approximate surface area is 154 Å². The van der Waals surface area contributed by atoms with Gasteiger partial charge < -0.3 is 4.90 Å². The van der Waals surface area contributed by atoms with Crippen molar-refractivity contribution in [2.45, 2.75) is 52.9 Å². The Morgan fingerprint density at radius 1 is 1.00 bits per heavy atom. The number of hydrogen-bond acceptors (Lipinski definition) is 3. The molecular weight excluding hydrogens is 328 g/mol. The van der Waals surface area contributed by atoms with Crippen LogP contribution in [0, 0.1) is 16.2 Å². The number of benzene rings is 1. The van der Waals surface area contributed by atoms with Crippen molar-refractivity contribution in [2.75, 3.05) is 11.4 Å². The molecule has 2 heterocycles. The SMILES string of the molecule is CC12CC(C)(CC(C)(C(=O)N3CCCc4ccccc43)C1)C(=O)NC2=O. The second-order valence-corrected chi connectivity index (χ2v) is 9.18. The smallest absolute Gasteiger partial charge is 0.232 e. The molecule has 2 unspecified atom stereocenters. The summed E-state index contributed by atoms with van der Waals surface area (Å²) < 4.78 is 0. The number of para-hydroxylation sites is 1. The number of hydrogen-bond donors (Lipinski definition) is 1. The second kappa shape index (κ2) is 5.41. The monoisotopic (exact) mass is 354 g/mol. The molecule has 2 aliphatic heterocycles. The summed E-state index contributed by atoms with van der Waals surface area (Å²) in [5, 5.41) is 2.53. The van der Waals surface area contributed by atoms with Crippen molar-refractivity contribution >= 4 is 23.4 Å². The number of carbonyl (C=O) groups excluding carboxylic acids is 3. The number of anilines is 1. The van der Waals surface area contributed by atoms with Gasteiger partial charge in [0.25, 0.3) is 0 Å². The molecule has 1 aromatic carbocycles. The van der Waals surface area contributed by atoms with Crippen LogP contribution in [0.25, 0.3) is 0 Å². The first-order valence-corrected chi connectivity index (χ1v) is 9.43. The number of rotatable bonds is 1. The quantitative estimate of drug-likeness (QED) is 0.789. The van der Waals surface area contributed by atoms with E-state index >= 15 is 0 Å². The molecule has 5 nitrogen and oxygen atoms in total. The highest BCUT2D eigenvalue weighted by molar-refractivity contribution is 6.06. The number of piperidine rings is 1. The molecule has 3 aliphatic rings. The number of imide groups is 1. The maximum Gasteiger partial charge on any atom is 0.232 e. The van der Waals surface area contributed by atoms with Gasteiger partial charge in [0.15, 0.2) is 0 Å². The molecule has 1 saturated carbocycles. The van der Waals surface area contributed by atoms with E-state index in [4.69, 9.17) is 0 Å². The van der Waals surface area contributed by atoms with E-state index in [-0.39, 0.29) is 17.7 Å². The van der Waals surface area contributed by atoms with E-state index in [0.717, 1.165) is 18.5 Å². The maximum atomic E-state index is 13.6. The Kier molecular flexibility index (Phi) is 3.59. The van der Waals surface area contributed by atoms with E-state index in [0.29, 0.717) is 25.8 Å². The van der Waals surface area contributed by atoms with Crippen molar-refractivity contribution in [1.82, 2.24) is 5.32 Å². The van der Waals surface area contributed by atoms with E-state index in [1.54, 1.807) is 0 Å². The van der Waals surface area contributed by atoms with Crippen molar-refractivity contribution in [3.8, 4) is 0 Å². The van der Waals surface area contributed by atoms with Crippen LogP contribution in [0.3, 0.4) is 0 Å². The highest BCUT2D eigenvalue weighted by atomic mass is 16.2. The van der Waals surface area contributed by atoms with Crippen LogP contribution in [0.4, 0.5) is 5.69 Å². The van der Waals surface area contributed by atoms with Gasteiger partial charge in [-0.25, -0.2) is 0 Å². The molecule has 138 valence electrons. The van der Waals surface area contributed by atoms with Crippen LogP contribution in [0.2, 0.25) is 0 Å². The first kappa shape index (κ1) is 17.3. The fourth-order valence-corrected chi connectivity index (χ4v) is 5.72. The number of fused-ring (bicyclic) bond motifs is 3. The molecule has 3 amide bonds. The van der Waals surface area contributed by atoms with Crippen molar-refractivity contribution in [3.63, 3.8) is 0 Å². The lowest BCUT2D eigenvalue weighted by molar-refractivity contribution is -0.163. The fourth-order valence-electron chi connectivity index (χ4n) is 5.72. The molecule has 1 aliphatic carbocycles. The van der Waals surface area contributed by atoms with Gasteiger partial charge in [0, 0.05) is 28.5 Å². The van der Waals surface area contributed by atoms with E-state index in [1.165, 1.54) is 5.56 Å². The molecule has 5 heteroatoms. The third kappa shape index (κ3) is 2.40. The number of aryl methyl sites for hydroxylation is 1. The van der Waals surface area contributed by atoms with Crippen molar-refractivity contribution < 1.29 is 14.4 Å². The van der Waals surface area contributed by atoms with Crippen LogP contribution in [0.1, 0.15) is 52.0 Å². The lowest BCUT2D eigenvalue weighted by Gasteiger charge is -2.54. The minimum atomic E-state index is -0.723. The van der Waals surface area contributed by atoms with E-state index in [1.807, 2.05) is 43.9 Å². The molecule has 1 saturated heterocycles. The number of nitrogens with zero attached hydrogens (tertiary/aromatic N) is 1. The third-order valence-corrected chi connectivity index (χ3v) is 6.54. The predicted molar refractivity (Wildman–Crippen MR) is 98.4 cm³/mol. The summed E-state index contributed by atoms with van der Waals surface area (Å²) in [6.07, 6.45) is 3.39. The van der Waals surface area contributed by atoms with Crippen LogP contribution in [0.15, 0.2) is 24.3 Å². The molecule has 1 aromatic rings. The van der Waals surface area contributed by atoms with Crippen LogP contribution in [-0.2, 0) is 20.8 Å². The number of carbonyl (C=O) groups is 3. The molecule has 2 fully saturated rings. The van der Waals surface area contributed by atoms with Gasteiger partial charge >= 0.3 is 0 Å². The lowest BCUT2D eigenvalue weighted by Crippen LogP contribution is -2.64. The number of nitrogens with one attached hydrogen (secondary N) is 1. The molecule has 2 atom stereocenters. The Morgan fingerprint density at radius 2 is 1.62 bits per heavy atom. The topological polar surface area (TPSA) is 66.5 Å². The molecule has 0 spiro atoms. The first-order valence-electron chi connectivity index (χ1n) is 9.43. The average molecular weight is 354 g/mol. The number of amides is 3. The fraction of sp³-hybridized carbons (Fsp3) is 0.571. The third-order valence-electron chi connectivity index (χ3n) is 6.54. The summed E-state index contributed by atoms with van der Waals surface area (Å²) in [5.41, 5.74) is 0.0886. The van der Waals surface area contributed by atoms with Crippen LogP contribution < -0.4 is 10.2 Å². The minimum absolute atomic E-state index is 0.0456. The molecular formula is C21H26N2O3. The Morgan fingerprint density at radius 3 is 2.27 bits per heavy atom. The minimum Gasteiger partial charge on any atom is -0.312 e. The summed E-state index contributed by atoms with van der Waals surface area (Å²) in [6.45, 7) is 6.41. The van der Waals surface area contributed by atoms with Gasteiger partial charge in [-0.05, 0) is 43.7 Å². The van der Waals surface area contributed by atoms with Crippen LogP contribution >= 0.6 is 0 Å². The van der Waals surface area contributed by atoms with E-state index < -0.39 is 16.2 Å². The highest BCUT2D eigenvalue weighted by Crippen LogP contribution is 2.57. The molecule has 2 bridgehead atoms. The summed E-state index contributed by atoms with van der Waals surface area (Å²) in [6, 6.07) is 8.04. The van der Waals surface area contributed by atoms with E-state index in [9.17, 15) is 14.4 Å². The lowest BCUT2D eigenvalue weighted by atomic mass is 9.52. The first-order chi connectivity index (χ1) is 12.2. The summed E-state index contributed by atoms with van der Waals surface area (Å²) in [4.78, 5) is 40.5. The Balaban J connectivity index is 1.72. The van der Waals surface area contributed by atoms with Gasteiger partial charge in [0.05, 0.1) is 0 Å². The molecule has 1 N–H and O–H groups in total. The van der Waals surface area contributed by atoms with Crippen molar-refractivity contribution in [3.05, 3.63) is 29.8 Å². The molecule has 0 aromatic heterocycles. The van der Waals surface area contributed by atoms with Gasteiger partial charge in [0.2, 0.25) is 17.7 Å². The standard InChI is InChI=1S/C21H26N2O3/c1-19-11-20(2,17(25)22-16(19)24)13-21(3,12-19)18(26)23-10-6-8-14-7-4-5-9-15(14)23/h4-5,7,9H,6,8,10-13H2,1-3H3,(H,22,24,25). The van der Waals surface area contributed by atoms with Gasteiger partial charge in [-0.15, -0.1) is 0 Å². The van der Waals surface area contributed by atoms with E-state index in [2.05, 4.69) is 11.4 Å². The maximum absolute atomic E-state index is 13.6.